The summed E-state index contributed by atoms with van der Waals surface area (Å²) in [5.74, 6) is -0.00239. The van der Waals surface area contributed by atoms with E-state index in [-0.39, 0.29) is 17.7 Å². The molecule has 1 aliphatic heterocycles. The smallest absolute Gasteiger partial charge is 0.263 e. The Morgan fingerprint density at radius 1 is 1.24 bits per heavy atom. The highest BCUT2D eigenvalue weighted by molar-refractivity contribution is 7.12. The van der Waals surface area contributed by atoms with Crippen molar-refractivity contribution in [3.05, 3.63) is 52.2 Å². The lowest BCUT2D eigenvalue weighted by Gasteiger charge is -2.33. The molecule has 3 rings (SSSR count). The highest BCUT2D eigenvalue weighted by Gasteiger charge is 2.30. The van der Waals surface area contributed by atoms with Gasteiger partial charge >= 0.3 is 0 Å². The molecule has 1 aromatic carbocycles. The largest absolute Gasteiger partial charge is 0.338 e. The van der Waals surface area contributed by atoms with E-state index in [1.807, 2.05) is 28.5 Å². The molecular weight excluding hydrogens is 334 g/mol. The van der Waals surface area contributed by atoms with Gasteiger partial charge in [-0.1, -0.05) is 12.1 Å². The number of carbonyl (C=O) groups is 2. The van der Waals surface area contributed by atoms with Crippen LogP contribution in [0.15, 0.2) is 41.8 Å². The Bertz CT molecular complexity index is 802. The van der Waals surface area contributed by atoms with Crippen LogP contribution in [0.2, 0.25) is 0 Å². The summed E-state index contributed by atoms with van der Waals surface area (Å²) in [5, 5.41) is 10.9. The maximum atomic E-state index is 12.7. The van der Waals surface area contributed by atoms with Crippen LogP contribution < -0.4 is 4.90 Å². The van der Waals surface area contributed by atoms with Crippen molar-refractivity contribution in [2.75, 3.05) is 25.0 Å². The van der Waals surface area contributed by atoms with Crippen LogP contribution in [0, 0.1) is 17.2 Å². The number of piperidine rings is 1. The second-order valence-electron chi connectivity index (χ2n) is 6.10. The Hall–Kier alpha value is -2.65. The molecule has 0 unspecified atom stereocenters. The molecule has 0 atom stereocenters. The Balaban J connectivity index is 1.61. The van der Waals surface area contributed by atoms with Crippen molar-refractivity contribution >= 4 is 28.8 Å². The molecule has 0 radical (unpaired) electrons. The van der Waals surface area contributed by atoms with Gasteiger partial charge in [-0.3, -0.25) is 9.59 Å². The molecule has 5 nitrogen and oxygen atoms in total. The van der Waals surface area contributed by atoms with Gasteiger partial charge in [-0.25, -0.2) is 0 Å². The molecule has 0 aliphatic carbocycles. The van der Waals surface area contributed by atoms with E-state index < -0.39 is 0 Å². The number of likely N-dealkylation sites (tertiary alicyclic amines) is 1. The molecule has 0 spiro atoms. The molecule has 25 heavy (non-hydrogen) atoms. The highest BCUT2D eigenvalue weighted by atomic mass is 32.1. The average molecular weight is 353 g/mol. The van der Waals surface area contributed by atoms with Crippen molar-refractivity contribution in [2.24, 2.45) is 5.92 Å². The molecule has 0 N–H and O–H groups in total. The normalized spacial score (nSPS) is 14.8. The number of amides is 2. The van der Waals surface area contributed by atoms with E-state index in [9.17, 15) is 9.59 Å². The molecule has 2 amide bonds. The van der Waals surface area contributed by atoms with E-state index in [0.29, 0.717) is 31.5 Å². The number of hydrogen-bond donors (Lipinski definition) is 0. The number of carbonyl (C=O) groups excluding carboxylic acids is 2. The van der Waals surface area contributed by atoms with Gasteiger partial charge in [0.25, 0.3) is 5.91 Å². The summed E-state index contributed by atoms with van der Waals surface area (Å²) in [7, 11) is 1.74. The van der Waals surface area contributed by atoms with E-state index in [0.717, 1.165) is 10.6 Å². The topological polar surface area (TPSA) is 64.4 Å². The highest BCUT2D eigenvalue weighted by Crippen LogP contribution is 2.24. The van der Waals surface area contributed by atoms with Gasteiger partial charge in [0, 0.05) is 31.7 Å². The van der Waals surface area contributed by atoms with Gasteiger partial charge in [0.2, 0.25) is 5.91 Å². The van der Waals surface area contributed by atoms with E-state index >= 15 is 0 Å². The minimum atomic E-state index is -0.0943. The SMILES string of the molecule is CN(C(=O)C1CCN(C(=O)c2cccs2)CC1)c1cccc(C#N)c1. The molecule has 1 aromatic heterocycles. The predicted octanol–water partition coefficient (Wildman–Crippen LogP) is 3.13. The fourth-order valence-corrected chi connectivity index (χ4v) is 3.76. The van der Waals surface area contributed by atoms with Crippen molar-refractivity contribution in [3.8, 4) is 6.07 Å². The van der Waals surface area contributed by atoms with E-state index in [2.05, 4.69) is 6.07 Å². The summed E-state index contributed by atoms with van der Waals surface area (Å²) in [6.07, 6.45) is 1.33. The first-order valence-electron chi connectivity index (χ1n) is 8.20. The maximum Gasteiger partial charge on any atom is 0.263 e. The van der Waals surface area contributed by atoms with Crippen molar-refractivity contribution in [3.63, 3.8) is 0 Å². The lowest BCUT2D eigenvalue weighted by molar-refractivity contribution is -0.123. The number of thiophene rings is 1. The fraction of sp³-hybridized carbons (Fsp3) is 0.316. The molecule has 1 fully saturated rings. The third kappa shape index (κ3) is 3.72. The number of rotatable bonds is 3. The molecule has 2 heterocycles. The van der Waals surface area contributed by atoms with Gasteiger partial charge in [0.1, 0.15) is 0 Å². The summed E-state index contributed by atoms with van der Waals surface area (Å²) in [5.41, 5.74) is 1.26. The second-order valence-corrected chi connectivity index (χ2v) is 7.05. The van der Waals surface area contributed by atoms with Gasteiger partial charge in [0.15, 0.2) is 0 Å². The Labute approximate surface area is 151 Å². The third-order valence-corrected chi connectivity index (χ3v) is 5.41. The van der Waals surface area contributed by atoms with Crippen LogP contribution in [-0.2, 0) is 4.79 Å². The maximum absolute atomic E-state index is 12.7. The predicted molar refractivity (Wildman–Crippen MR) is 97.5 cm³/mol. The minimum absolute atomic E-state index is 0.0401. The summed E-state index contributed by atoms with van der Waals surface area (Å²) in [4.78, 5) is 29.3. The zero-order valence-electron chi connectivity index (χ0n) is 14.0. The molecule has 2 aromatic rings. The van der Waals surface area contributed by atoms with E-state index in [4.69, 9.17) is 5.26 Å². The molecule has 0 saturated carbocycles. The van der Waals surface area contributed by atoms with Crippen molar-refractivity contribution in [2.45, 2.75) is 12.8 Å². The Kier molecular flexibility index (Phi) is 5.15. The van der Waals surface area contributed by atoms with Crippen LogP contribution in [0.1, 0.15) is 28.1 Å². The van der Waals surface area contributed by atoms with Crippen LogP contribution in [-0.4, -0.2) is 36.9 Å². The van der Waals surface area contributed by atoms with Gasteiger partial charge in [0.05, 0.1) is 16.5 Å². The zero-order chi connectivity index (χ0) is 17.8. The van der Waals surface area contributed by atoms with Crippen molar-refractivity contribution < 1.29 is 9.59 Å². The van der Waals surface area contributed by atoms with Crippen LogP contribution in [0.4, 0.5) is 5.69 Å². The van der Waals surface area contributed by atoms with Gasteiger partial charge in [-0.15, -0.1) is 11.3 Å². The second kappa shape index (κ2) is 7.49. The number of hydrogen-bond acceptors (Lipinski definition) is 4. The fourth-order valence-electron chi connectivity index (χ4n) is 3.07. The lowest BCUT2D eigenvalue weighted by Crippen LogP contribution is -2.43. The number of nitrogens with zero attached hydrogens (tertiary/aromatic N) is 3. The minimum Gasteiger partial charge on any atom is -0.338 e. The first kappa shape index (κ1) is 17.2. The summed E-state index contributed by atoms with van der Waals surface area (Å²) in [6, 6.07) is 12.8. The van der Waals surface area contributed by atoms with Crippen LogP contribution >= 0.6 is 11.3 Å². The number of nitriles is 1. The van der Waals surface area contributed by atoms with Crippen molar-refractivity contribution in [1.82, 2.24) is 4.90 Å². The van der Waals surface area contributed by atoms with Crippen molar-refractivity contribution in [1.29, 1.82) is 5.26 Å². The first-order valence-corrected chi connectivity index (χ1v) is 9.08. The zero-order valence-corrected chi connectivity index (χ0v) is 14.8. The van der Waals surface area contributed by atoms with Crippen LogP contribution in [0.25, 0.3) is 0 Å². The first-order chi connectivity index (χ1) is 12.1. The monoisotopic (exact) mass is 353 g/mol. The summed E-state index contributed by atoms with van der Waals surface area (Å²) >= 11 is 1.44. The Morgan fingerprint density at radius 3 is 2.64 bits per heavy atom. The third-order valence-electron chi connectivity index (χ3n) is 4.56. The molecular formula is C19H19N3O2S. The average Bonchev–Trinajstić information content (AvgIpc) is 3.21. The number of benzene rings is 1. The molecule has 128 valence electrons. The van der Waals surface area contributed by atoms with Crippen LogP contribution in [0.3, 0.4) is 0 Å². The molecule has 0 bridgehead atoms. The van der Waals surface area contributed by atoms with Gasteiger partial charge in [-0.2, -0.15) is 5.26 Å². The van der Waals surface area contributed by atoms with E-state index in [1.165, 1.54) is 11.3 Å². The summed E-state index contributed by atoms with van der Waals surface area (Å²) in [6.45, 7) is 1.19. The lowest BCUT2D eigenvalue weighted by atomic mass is 9.95. The standard InChI is InChI=1S/C19H19N3O2S/c1-21(16-5-2-4-14(12-16)13-20)18(23)15-7-9-22(10-8-15)19(24)17-6-3-11-25-17/h2-6,11-12,15H,7-10H2,1H3. The van der Waals surface area contributed by atoms with Gasteiger partial charge in [-0.05, 0) is 42.5 Å². The quantitative estimate of drug-likeness (QED) is 0.851. The van der Waals surface area contributed by atoms with Gasteiger partial charge < -0.3 is 9.80 Å². The summed E-state index contributed by atoms with van der Waals surface area (Å²) < 4.78 is 0. The molecule has 6 heteroatoms. The van der Waals surface area contributed by atoms with E-state index in [1.54, 1.807) is 30.1 Å². The number of anilines is 1. The Morgan fingerprint density at radius 2 is 2.00 bits per heavy atom. The molecule has 1 saturated heterocycles. The molecule has 1 aliphatic rings. The van der Waals surface area contributed by atoms with Crippen LogP contribution in [0.5, 0.6) is 0 Å².